The molecule has 0 heterocycles. The summed E-state index contributed by atoms with van der Waals surface area (Å²) in [5, 5.41) is 4.12. The number of hydrogen-bond acceptors (Lipinski definition) is 3. The molecule has 2 aromatic rings. The van der Waals surface area contributed by atoms with Crippen molar-refractivity contribution in [3.63, 3.8) is 0 Å². The van der Waals surface area contributed by atoms with E-state index in [1.165, 1.54) is 0 Å². The van der Waals surface area contributed by atoms with Crippen molar-refractivity contribution in [2.45, 2.75) is 13.0 Å². The monoisotopic (exact) mass is 323 g/mol. The van der Waals surface area contributed by atoms with Crippen LogP contribution in [0, 0.1) is 0 Å². The molecule has 0 saturated carbocycles. The molecule has 0 fully saturated rings. The minimum atomic E-state index is -0.710. The van der Waals surface area contributed by atoms with Crippen LogP contribution in [0.2, 0.25) is 10.0 Å². The summed E-state index contributed by atoms with van der Waals surface area (Å²) in [4.78, 5) is 12.2. The lowest BCUT2D eigenvalue weighted by atomic mass is 10.1. The molecule has 0 amide bonds. The molecule has 21 heavy (non-hydrogen) atoms. The van der Waals surface area contributed by atoms with Crippen molar-refractivity contribution in [1.82, 2.24) is 0 Å². The van der Waals surface area contributed by atoms with Crippen LogP contribution in [0.25, 0.3) is 0 Å². The number of benzene rings is 2. The summed E-state index contributed by atoms with van der Waals surface area (Å²) in [5.74, 6) is -0.398. The Kier molecular flexibility index (Phi) is 5.48. The molecule has 0 aliphatic rings. The van der Waals surface area contributed by atoms with Gasteiger partial charge in [-0.25, -0.2) is 4.79 Å². The van der Waals surface area contributed by atoms with E-state index < -0.39 is 12.0 Å². The van der Waals surface area contributed by atoms with Gasteiger partial charge in [-0.3, -0.25) is 0 Å². The first kappa shape index (κ1) is 15.7. The highest BCUT2D eigenvalue weighted by molar-refractivity contribution is 6.33. The fourth-order valence-electron chi connectivity index (χ4n) is 1.93. The zero-order valence-corrected chi connectivity index (χ0v) is 13.0. The number of nitrogens with one attached hydrogen (secondary N) is 1. The molecule has 0 aromatic heterocycles. The Balaban J connectivity index is 2.36. The summed E-state index contributed by atoms with van der Waals surface area (Å²) < 4.78 is 5.12. The van der Waals surface area contributed by atoms with Gasteiger partial charge in [-0.1, -0.05) is 53.5 Å². The molecule has 5 heteroatoms. The number of esters is 1. The van der Waals surface area contributed by atoms with E-state index in [0.717, 1.165) is 0 Å². The molecule has 0 aliphatic heterocycles. The fourth-order valence-corrected chi connectivity index (χ4v) is 2.37. The average molecular weight is 324 g/mol. The van der Waals surface area contributed by atoms with Gasteiger partial charge in [0.05, 0.1) is 17.3 Å². The molecular weight excluding hydrogens is 309 g/mol. The second kappa shape index (κ2) is 7.34. The minimum Gasteiger partial charge on any atom is -0.464 e. The quantitative estimate of drug-likeness (QED) is 0.810. The maximum Gasteiger partial charge on any atom is 0.333 e. The fraction of sp³-hybridized carbons (Fsp3) is 0.188. The Morgan fingerprint density at radius 2 is 1.71 bits per heavy atom. The van der Waals surface area contributed by atoms with E-state index in [0.29, 0.717) is 27.9 Å². The van der Waals surface area contributed by atoms with Gasteiger partial charge in [-0.2, -0.15) is 0 Å². The van der Waals surface area contributed by atoms with Gasteiger partial charge < -0.3 is 10.1 Å². The van der Waals surface area contributed by atoms with Gasteiger partial charge in [-0.05, 0) is 25.1 Å². The molecular formula is C16H15Cl2NO2. The van der Waals surface area contributed by atoms with Crippen LogP contribution in [-0.2, 0) is 9.53 Å². The summed E-state index contributed by atoms with van der Waals surface area (Å²) in [6.45, 7) is 2.06. The van der Waals surface area contributed by atoms with Crippen LogP contribution in [0.15, 0.2) is 48.5 Å². The lowest BCUT2D eigenvalue weighted by Gasteiger charge is -2.20. The first-order chi connectivity index (χ1) is 10.1. The van der Waals surface area contributed by atoms with E-state index in [1.54, 1.807) is 31.2 Å². The Morgan fingerprint density at radius 1 is 1.10 bits per heavy atom. The third kappa shape index (κ3) is 3.90. The third-order valence-corrected chi connectivity index (χ3v) is 3.59. The zero-order valence-electron chi connectivity index (χ0n) is 11.5. The molecule has 1 atom stereocenters. The maximum absolute atomic E-state index is 12.2. The summed E-state index contributed by atoms with van der Waals surface area (Å²) in [7, 11) is 0. The predicted octanol–water partition coefficient (Wildman–Crippen LogP) is 4.71. The minimum absolute atomic E-state index is 0.296. The van der Waals surface area contributed by atoms with E-state index in [2.05, 4.69) is 5.32 Å². The highest BCUT2D eigenvalue weighted by Gasteiger charge is 2.24. The topological polar surface area (TPSA) is 38.3 Å². The van der Waals surface area contributed by atoms with Crippen LogP contribution in [0.1, 0.15) is 18.5 Å². The van der Waals surface area contributed by atoms with Gasteiger partial charge in [0.2, 0.25) is 0 Å². The van der Waals surface area contributed by atoms with Gasteiger partial charge in [0.15, 0.2) is 6.04 Å². The first-order valence-corrected chi connectivity index (χ1v) is 7.31. The normalized spacial score (nSPS) is 11.8. The van der Waals surface area contributed by atoms with E-state index in [-0.39, 0.29) is 0 Å². The molecule has 2 aromatic carbocycles. The number of para-hydroxylation sites is 1. The highest BCUT2D eigenvalue weighted by atomic mass is 35.5. The highest BCUT2D eigenvalue weighted by Crippen LogP contribution is 2.30. The van der Waals surface area contributed by atoms with Crippen LogP contribution in [0.5, 0.6) is 0 Å². The smallest absolute Gasteiger partial charge is 0.333 e. The summed E-state index contributed by atoms with van der Waals surface area (Å²) in [6, 6.07) is 13.6. The van der Waals surface area contributed by atoms with Crippen molar-refractivity contribution in [2.75, 3.05) is 11.9 Å². The van der Waals surface area contributed by atoms with Crippen LogP contribution in [-0.4, -0.2) is 12.6 Å². The van der Waals surface area contributed by atoms with Crippen molar-refractivity contribution < 1.29 is 9.53 Å². The standard InChI is InChI=1S/C16H15Cl2NO2/c1-2-21-16(20)15(11-7-3-4-8-12(11)17)19-14-10-6-5-9-13(14)18/h3-10,15,19H,2H2,1H3. The molecule has 2 rings (SSSR count). The summed E-state index contributed by atoms with van der Waals surface area (Å²) >= 11 is 12.3. The first-order valence-electron chi connectivity index (χ1n) is 6.55. The van der Waals surface area contributed by atoms with E-state index >= 15 is 0 Å². The zero-order chi connectivity index (χ0) is 15.2. The number of ether oxygens (including phenoxy) is 1. The molecule has 1 N–H and O–H groups in total. The van der Waals surface area contributed by atoms with Crippen molar-refractivity contribution >= 4 is 34.9 Å². The molecule has 0 aliphatic carbocycles. The number of carbonyl (C=O) groups is 1. The van der Waals surface area contributed by atoms with Gasteiger partial charge in [0.25, 0.3) is 0 Å². The van der Waals surface area contributed by atoms with Crippen LogP contribution < -0.4 is 5.32 Å². The summed E-state index contributed by atoms with van der Waals surface area (Å²) in [6.07, 6.45) is 0. The number of carbonyl (C=O) groups excluding carboxylic acids is 1. The van der Waals surface area contributed by atoms with E-state index in [1.807, 2.05) is 24.3 Å². The van der Waals surface area contributed by atoms with Gasteiger partial charge in [0.1, 0.15) is 0 Å². The summed E-state index contributed by atoms with van der Waals surface area (Å²) in [5.41, 5.74) is 1.30. The Labute approximate surface area is 133 Å². The Bertz CT molecular complexity index is 631. The second-order valence-electron chi connectivity index (χ2n) is 4.33. The van der Waals surface area contributed by atoms with E-state index in [9.17, 15) is 4.79 Å². The third-order valence-electron chi connectivity index (χ3n) is 2.91. The second-order valence-corrected chi connectivity index (χ2v) is 5.15. The van der Waals surface area contributed by atoms with Crippen LogP contribution in [0.3, 0.4) is 0 Å². The maximum atomic E-state index is 12.2. The predicted molar refractivity (Wildman–Crippen MR) is 85.9 cm³/mol. The number of hydrogen-bond donors (Lipinski definition) is 1. The van der Waals surface area contributed by atoms with Gasteiger partial charge >= 0.3 is 5.97 Å². The largest absolute Gasteiger partial charge is 0.464 e. The van der Waals surface area contributed by atoms with Crippen molar-refractivity contribution in [3.8, 4) is 0 Å². The lowest BCUT2D eigenvalue weighted by Crippen LogP contribution is -2.23. The molecule has 0 radical (unpaired) electrons. The molecule has 0 saturated heterocycles. The SMILES string of the molecule is CCOC(=O)C(Nc1ccccc1Cl)c1ccccc1Cl. The lowest BCUT2D eigenvalue weighted by molar-refractivity contribution is -0.144. The van der Waals surface area contributed by atoms with Gasteiger partial charge in [0, 0.05) is 10.6 Å². The number of halogens is 2. The van der Waals surface area contributed by atoms with Crippen molar-refractivity contribution in [2.24, 2.45) is 0 Å². The molecule has 0 spiro atoms. The molecule has 3 nitrogen and oxygen atoms in total. The Hall–Kier alpha value is -1.71. The molecule has 1 unspecified atom stereocenters. The van der Waals surface area contributed by atoms with Gasteiger partial charge in [-0.15, -0.1) is 0 Å². The average Bonchev–Trinajstić information content (AvgIpc) is 2.48. The molecule has 0 bridgehead atoms. The Morgan fingerprint density at radius 3 is 2.33 bits per heavy atom. The van der Waals surface area contributed by atoms with Crippen LogP contribution in [0.4, 0.5) is 5.69 Å². The van der Waals surface area contributed by atoms with Crippen molar-refractivity contribution in [3.05, 3.63) is 64.1 Å². The van der Waals surface area contributed by atoms with E-state index in [4.69, 9.17) is 27.9 Å². The van der Waals surface area contributed by atoms with Crippen LogP contribution >= 0.6 is 23.2 Å². The number of rotatable bonds is 5. The van der Waals surface area contributed by atoms with Crippen molar-refractivity contribution in [1.29, 1.82) is 0 Å². The molecule has 110 valence electrons. The number of anilines is 1.